The molecule has 1 saturated heterocycles. The Morgan fingerprint density at radius 3 is 2.62 bits per heavy atom. The summed E-state index contributed by atoms with van der Waals surface area (Å²) in [5.41, 5.74) is 2.00. The zero-order valence-electron chi connectivity index (χ0n) is 16.1. The van der Waals surface area contributed by atoms with Crippen molar-refractivity contribution in [2.45, 2.75) is 24.4 Å². The highest BCUT2D eigenvalue weighted by atomic mass is 16.7. The van der Waals surface area contributed by atoms with Gasteiger partial charge in [0.15, 0.2) is 17.1 Å². The number of para-hydroxylation sites is 1. The molecule has 2 heterocycles. The molecule has 0 radical (unpaired) electrons. The van der Waals surface area contributed by atoms with Crippen molar-refractivity contribution in [3.63, 3.8) is 0 Å². The van der Waals surface area contributed by atoms with Crippen LogP contribution in [-0.2, 0) is 11.3 Å². The monoisotopic (exact) mass is 390 g/mol. The molecule has 0 bridgehead atoms. The highest BCUT2D eigenvalue weighted by Gasteiger charge is 2.65. The second kappa shape index (κ2) is 7.10. The zero-order chi connectivity index (χ0) is 19.8. The molecular formula is C24H22O5. The van der Waals surface area contributed by atoms with Gasteiger partial charge in [0.1, 0.15) is 31.2 Å². The van der Waals surface area contributed by atoms with E-state index in [0.29, 0.717) is 30.5 Å². The lowest BCUT2D eigenvalue weighted by molar-refractivity contribution is 0.0223. The van der Waals surface area contributed by atoms with Gasteiger partial charge in [0, 0.05) is 5.56 Å². The van der Waals surface area contributed by atoms with Gasteiger partial charge in [-0.3, -0.25) is 0 Å². The Kier molecular flexibility index (Phi) is 4.42. The van der Waals surface area contributed by atoms with E-state index in [1.54, 1.807) is 7.11 Å². The van der Waals surface area contributed by atoms with Crippen LogP contribution < -0.4 is 14.2 Å². The van der Waals surface area contributed by atoms with Crippen LogP contribution in [0.3, 0.4) is 0 Å². The summed E-state index contributed by atoms with van der Waals surface area (Å²) in [5, 5.41) is 10.9. The van der Waals surface area contributed by atoms with Crippen molar-refractivity contribution in [3.05, 3.63) is 89.5 Å². The summed E-state index contributed by atoms with van der Waals surface area (Å²) in [6.45, 7) is 0.749. The van der Waals surface area contributed by atoms with Gasteiger partial charge in [0.2, 0.25) is 0 Å². The number of hydrogen-bond donors (Lipinski definition) is 1. The van der Waals surface area contributed by atoms with Crippen LogP contribution in [0.5, 0.6) is 17.2 Å². The number of aliphatic hydroxyl groups excluding tert-OH is 1. The molecule has 1 spiro atoms. The maximum absolute atomic E-state index is 10.9. The quantitative estimate of drug-likeness (QED) is 0.662. The van der Waals surface area contributed by atoms with Crippen LogP contribution >= 0.6 is 0 Å². The standard InChI is InChI=1S/C24H22O5/c1-26-20-12-11-17(13-21(20)27-14-16-7-3-2-4-8-16)23-24(29-23)15-28-19-10-6-5-9-18(19)22(24)25/h2-13,22-23,25H,14-15H2,1H3. The number of epoxide rings is 1. The molecule has 5 heteroatoms. The van der Waals surface area contributed by atoms with Crippen molar-refractivity contribution in [3.8, 4) is 17.2 Å². The summed E-state index contributed by atoms with van der Waals surface area (Å²) < 4.78 is 23.4. The van der Waals surface area contributed by atoms with Crippen LogP contribution in [0.2, 0.25) is 0 Å². The highest BCUT2D eigenvalue weighted by molar-refractivity contribution is 5.48. The molecule has 3 atom stereocenters. The number of fused-ring (bicyclic) bond motifs is 1. The first-order valence-electron chi connectivity index (χ1n) is 9.63. The largest absolute Gasteiger partial charge is 0.493 e. The van der Waals surface area contributed by atoms with Crippen LogP contribution in [0.15, 0.2) is 72.8 Å². The molecule has 148 valence electrons. The van der Waals surface area contributed by atoms with Gasteiger partial charge >= 0.3 is 0 Å². The second-order valence-electron chi connectivity index (χ2n) is 7.37. The van der Waals surface area contributed by atoms with E-state index in [1.807, 2.05) is 72.8 Å². The fraction of sp³-hybridized carbons (Fsp3) is 0.250. The molecule has 5 rings (SSSR count). The number of benzene rings is 3. The van der Waals surface area contributed by atoms with E-state index in [1.165, 1.54) is 0 Å². The van der Waals surface area contributed by atoms with E-state index in [2.05, 4.69) is 0 Å². The van der Waals surface area contributed by atoms with Gasteiger partial charge < -0.3 is 24.1 Å². The minimum Gasteiger partial charge on any atom is -0.493 e. The maximum atomic E-state index is 10.9. The van der Waals surface area contributed by atoms with Crippen LogP contribution in [-0.4, -0.2) is 24.4 Å². The SMILES string of the molecule is COc1ccc(C2OC23COc2ccccc2C3O)cc1OCc1ccccc1. The number of aliphatic hydroxyl groups is 1. The Balaban J connectivity index is 1.38. The zero-order valence-corrected chi connectivity index (χ0v) is 16.1. The van der Waals surface area contributed by atoms with Gasteiger partial charge in [-0.05, 0) is 29.3 Å². The third kappa shape index (κ3) is 3.12. The van der Waals surface area contributed by atoms with Crippen LogP contribution in [0, 0.1) is 0 Å². The number of rotatable bonds is 5. The minimum absolute atomic E-state index is 0.268. The van der Waals surface area contributed by atoms with E-state index in [-0.39, 0.29) is 6.10 Å². The number of hydrogen-bond acceptors (Lipinski definition) is 5. The average Bonchev–Trinajstić information content (AvgIpc) is 3.51. The van der Waals surface area contributed by atoms with Crippen molar-refractivity contribution in [1.29, 1.82) is 0 Å². The molecule has 1 N–H and O–H groups in total. The Hall–Kier alpha value is -3.02. The average molecular weight is 390 g/mol. The van der Waals surface area contributed by atoms with Gasteiger partial charge in [-0.15, -0.1) is 0 Å². The number of methoxy groups -OCH3 is 1. The summed E-state index contributed by atoms with van der Waals surface area (Å²) >= 11 is 0. The third-order valence-corrected chi connectivity index (χ3v) is 5.58. The predicted octanol–water partition coefficient (Wildman–Crippen LogP) is 4.21. The molecule has 0 aliphatic carbocycles. The molecule has 5 nitrogen and oxygen atoms in total. The second-order valence-corrected chi connectivity index (χ2v) is 7.37. The Morgan fingerprint density at radius 1 is 1.00 bits per heavy atom. The first-order valence-corrected chi connectivity index (χ1v) is 9.63. The smallest absolute Gasteiger partial charge is 0.163 e. The molecule has 29 heavy (non-hydrogen) atoms. The molecule has 2 aliphatic rings. The lowest BCUT2D eigenvalue weighted by Gasteiger charge is -2.28. The maximum Gasteiger partial charge on any atom is 0.163 e. The summed E-state index contributed by atoms with van der Waals surface area (Å²) in [6, 6.07) is 23.2. The fourth-order valence-corrected chi connectivity index (χ4v) is 3.93. The summed E-state index contributed by atoms with van der Waals surface area (Å²) in [5.74, 6) is 2.01. The molecule has 0 amide bonds. The van der Waals surface area contributed by atoms with Gasteiger partial charge in [0.25, 0.3) is 0 Å². The van der Waals surface area contributed by atoms with Gasteiger partial charge in [-0.25, -0.2) is 0 Å². The summed E-state index contributed by atoms with van der Waals surface area (Å²) in [6.07, 6.45) is -1.01. The van der Waals surface area contributed by atoms with Crippen molar-refractivity contribution in [1.82, 2.24) is 0 Å². The van der Waals surface area contributed by atoms with Crippen LogP contribution in [0.1, 0.15) is 28.9 Å². The lowest BCUT2D eigenvalue weighted by atomic mass is 9.88. The Morgan fingerprint density at radius 2 is 1.79 bits per heavy atom. The first-order chi connectivity index (χ1) is 14.2. The van der Waals surface area contributed by atoms with Gasteiger partial charge in [0.05, 0.1) is 7.11 Å². The Labute approximate surface area is 169 Å². The summed E-state index contributed by atoms with van der Waals surface area (Å²) in [7, 11) is 1.62. The van der Waals surface area contributed by atoms with Crippen molar-refractivity contribution < 1.29 is 24.1 Å². The predicted molar refractivity (Wildman–Crippen MR) is 107 cm³/mol. The highest BCUT2D eigenvalue weighted by Crippen LogP contribution is 2.60. The van der Waals surface area contributed by atoms with Crippen LogP contribution in [0.4, 0.5) is 0 Å². The topological polar surface area (TPSA) is 60.5 Å². The molecule has 0 saturated carbocycles. The van der Waals surface area contributed by atoms with E-state index in [0.717, 1.165) is 16.7 Å². The molecule has 3 aromatic rings. The molecule has 3 unspecified atom stereocenters. The molecule has 0 aromatic heterocycles. The van der Waals surface area contributed by atoms with Crippen molar-refractivity contribution in [2.75, 3.05) is 13.7 Å². The van der Waals surface area contributed by atoms with E-state index < -0.39 is 11.7 Å². The summed E-state index contributed by atoms with van der Waals surface area (Å²) in [4.78, 5) is 0. The first kappa shape index (κ1) is 18.0. The van der Waals surface area contributed by atoms with Gasteiger partial charge in [-0.2, -0.15) is 0 Å². The normalized spacial score (nSPS) is 24.5. The minimum atomic E-state index is -0.764. The molecular weight excluding hydrogens is 368 g/mol. The van der Waals surface area contributed by atoms with Crippen LogP contribution in [0.25, 0.3) is 0 Å². The number of ether oxygens (including phenoxy) is 4. The molecule has 2 aliphatic heterocycles. The van der Waals surface area contributed by atoms with Gasteiger partial charge in [-0.1, -0.05) is 54.6 Å². The molecule has 3 aromatic carbocycles. The third-order valence-electron chi connectivity index (χ3n) is 5.58. The molecule has 1 fully saturated rings. The fourth-order valence-electron chi connectivity index (χ4n) is 3.93. The van der Waals surface area contributed by atoms with Crippen molar-refractivity contribution in [2.24, 2.45) is 0 Å². The van der Waals surface area contributed by atoms with E-state index in [9.17, 15) is 5.11 Å². The van der Waals surface area contributed by atoms with E-state index >= 15 is 0 Å². The lowest BCUT2D eigenvalue weighted by Crippen LogP contribution is -2.35. The van der Waals surface area contributed by atoms with E-state index in [4.69, 9.17) is 18.9 Å². The Bertz CT molecular complexity index is 1020. The van der Waals surface area contributed by atoms with Crippen molar-refractivity contribution >= 4 is 0 Å².